The molecule has 0 atom stereocenters. The lowest BCUT2D eigenvalue weighted by Crippen LogP contribution is -2.37. The zero-order valence-electron chi connectivity index (χ0n) is 16.9. The van der Waals surface area contributed by atoms with Crippen LogP contribution >= 0.6 is 0 Å². The number of fused-ring (bicyclic) bond motifs is 1. The molecule has 6 heteroatoms. The number of rotatable bonds is 7. The number of aryl methyl sites for hydroxylation is 1. The monoisotopic (exact) mass is 395 g/mol. The Morgan fingerprint density at radius 3 is 2.83 bits per heavy atom. The summed E-state index contributed by atoms with van der Waals surface area (Å²) in [6.07, 6.45) is 7.35. The maximum absolute atomic E-state index is 13.1. The molecule has 2 aliphatic heterocycles. The first-order valence-electron chi connectivity index (χ1n) is 10.6. The smallest absolute Gasteiger partial charge is 0.259 e. The highest BCUT2D eigenvalue weighted by Crippen LogP contribution is 2.37. The van der Waals surface area contributed by atoms with Gasteiger partial charge < -0.3 is 14.4 Å². The van der Waals surface area contributed by atoms with Gasteiger partial charge in [-0.1, -0.05) is 12.1 Å². The standard InChI is InChI=1S/C23H29N3O3/c27-23(20-7-4-10-24-18-20)26-12-5-8-19-6-3-9-21(22(19)26)29-15-2-1-11-25-13-16-28-17-14-25/h3-4,6-7,9-10,18H,1-2,5,8,11-17H2. The molecular weight excluding hydrogens is 366 g/mol. The largest absolute Gasteiger partial charge is 0.491 e. The average molecular weight is 396 g/mol. The van der Waals surface area contributed by atoms with Crippen molar-refractivity contribution in [1.29, 1.82) is 0 Å². The second kappa shape index (κ2) is 9.85. The molecule has 29 heavy (non-hydrogen) atoms. The average Bonchev–Trinajstić information content (AvgIpc) is 2.79. The molecule has 1 aromatic heterocycles. The minimum absolute atomic E-state index is 0.0117. The summed E-state index contributed by atoms with van der Waals surface area (Å²) in [6, 6.07) is 9.73. The molecule has 0 radical (unpaired) electrons. The minimum Gasteiger partial charge on any atom is -0.491 e. The molecule has 0 aliphatic carbocycles. The third-order valence-electron chi connectivity index (χ3n) is 5.56. The number of anilines is 1. The van der Waals surface area contributed by atoms with Crippen molar-refractivity contribution in [2.75, 3.05) is 50.9 Å². The number of morpholine rings is 1. The van der Waals surface area contributed by atoms with Crippen LogP contribution in [0.1, 0.15) is 35.2 Å². The van der Waals surface area contributed by atoms with Crippen LogP contribution in [-0.4, -0.2) is 61.8 Å². The number of unbranched alkanes of at least 4 members (excludes halogenated alkanes) is 1. The van der Waals surface area contributed by atoms with Crippen LogP contribution in [0.3, 0.4) is 0 Å². The van der Waals surface area contributed by atoms with E-state index in [4.69, 9.17) is 9.47 Å². The second-order valence-corrected chi connectivity index (χ2v) is 7.58. The van der Waals surface area contributed by atoms with Crippen LogP contribution in [-0.2, 0) is 11.2 Å². The molecule has 3 heterocycles. The van der Waals surface area contributed by atoms with Crippen LogP contribution in [0.25, 0.3) is 0 Å². The van der Waals surface area contributed by atoms with Gasteiger partial charge in [0.25, 0.3) is 5.91 Å². The van der Waals surface area contributed by atoms with E-state index >= 15 is 0 Å². The lowest BCUT2D eigenvalue weighted by molar-refractivity contribution is 0.0368. The Hall–Kier alpha value is -2.44. The van der Waals surface area contributed by atoms with Crippen molar-refractivity contribution in [3.8, 4) is 5.75 Å². The van der Waals surface area contributed by atoms with E-state index in [0.717, 1.165) is 70.0 Å². The molecule has 1 fully saturated rings. The molecular formula is C23H29N3O3. The lowest BCUT2D eigenvalue weighted by Gasteiger charge is -2.31. The maximum atomic E-state index is 13.1. The zero-order chi connectivity index (χ0) is 19.9. The molecule has 4 rings (SSSR count). The van der Waals surface area contributed by atoms with Crippen molar-refractivity contribution in [1.82, 2.24) is 9.88 Å². The van der Waals surface area contributed by atoms with E-state index in [2.05, 4.69) is 16.0 Å². The van der Waals surface area contributed by atoms with Crippen LogP contribution in [0.15, 0.2) is 42.7 Å². The number of carbonyl (C=O) groups is 1. The maximum Gasteiger partial charge on any atom is 0.259 e. The van der Waals surface area contributed by atoms with E-state index in [-0.39, 0.29) is 5.91 Å². The molecule has 1 saturated heterocycles. The van der Waals surface area contributed by atoms with Gasteiger partial charge in [0.05, 0.1) is 31.1 Å². The topological polar surface area (TPSA) is 54.9 Å². The van der Waals surface area contributed by atoms with Gasteiger partial charge in [0, 0.05) is 32.0 Å². The Bertz CT molecular complexity index is 806. The van der Waals surface area contributed by atoms with Crippen molar-refractivity contribution in [2.24, 2.45) is 0 Å². The van der Waals surface area contributed by atoms with Crippen LogP contribution < -0.4 is 9.64 Å². The van der Waals surface area contributed by atoms with Gasteiger partial charge in [-0.05, 0) is 56.0 Å². The van der Waals surface area contributed by atoms with Gasteiger partial charge in [-0.25, -0.2) is 0 Å². The molecule has 0 bridgehead atoms. The second-order valence-electron chi connectivity index (χ2n) is 7.58. The van der Waals surface area contributed by atoms with E-state index < -0.39 is 0 Å². The number of hydrogen-bond acceptors (Lipinski definition) is 5. The molecule has 0 saturated carbocycles. The number of nitrogens with zero attached hydrogens (tertiary/aromatic N) is 3. The van der Waals surface area contributed by atoms with E-state index in [9.17, 15) is 4.79 Å². The number of pyridine rings is 1. The summed E-state index contributed by atoms with van der Waals surface area (Å²) < 4.78 is 11.6. The molecule has 0 unspecified atom stereocenters. The van der Waals surface area contributed by atoms with Crippen molar-refractivity contribution in [3.63, 3.8) is 0 Å². The highest BCUT2D eigenvalue weighted by atomic mass is 16.5. The molecule has 1 amide bonds. The first-order chi connectivity index (χ1) is 14.3. The first kappa shape index (κ1) is 19.9. The minimum atomic E-state index is -0.0117. The number of benzene rings is 1. The Balaban J connectivity index is 1.39. The number of amides is 1. The normalized spacial score (nSPS) is 17.0. The fourth-order valence-electron chi connectivity index (χ4n) is 4.02. The predicted molar refractivity (Wildman–Crippen MR) is 113 cm³/mol. The summed E-state index contributed by atoms with van der Waals surface area (Å²) >= 11 is 0. The summed E-state index contributed by atoms with van der Waals surface area (Å²) in [5.41, 5.74) is 2.72. The summed E-state index contributed by atoms with van der Waals surface area (Å²) in [4.78, 5) is 21.5. The molecule has 2 aliphatic rings. The third-order valence-corrected chi connectivity index (χ3v) is 5.56. The Morgan fingerprint density at radius 2 is 2.00 bits per heavy atom. The number of ether oxygens (including phenoxy) is 2. The lowest BCUT2D eigenvalue weighted by atomic mass is 10.00. The summed E-state index contributed by atoms with van der Waals surface area (Å²) in [7, 11) is 0. The van der Waals surface area contributed by atoms with Crippen LogP contribution in [0.2, 0.25) is 0 Å². The molecule has 0 N–H and O–H groups in total. The number of carbonyl (C=O) groups excluding carboxylic acids is 1. The van der Waals surface area contributed by atoms with Crippen LogP contribution in [0.5, 0.6) is 5.75 Å². The first-order valence-corrected chi connectivity index (χ1v) is 10.6. The van der Waals surface area contributed by atoms with Gasteiger partial charge in [-0.2, -0.15) is 0 Å². The van der Waals surface area contributed by atoms with E-state index in [0.29, 0.717) is 18.7 Å². The summed E-state index contributed by atoms with van der Waals surface area (Å²) in [5, 5.41) is 0. The van der Waals surface area contributed by atoms with Crippen molar-refractivity contribution < 1.29 is 14.3 Å². The van der Waals surface area contributed by atoms with Crippen molar-refractivity contribution in [2.45, 2.75) is 25.7 Å². The van der Waals surface area contributed by atoms with E-state index in [1.165, 1.54) is 5.56 Å². The fourth-order valence-corrected chi connectivity index (χ4v) is 4.02. The molecule has 0 spiro atoms. The number of para-hydroxylation sites is 1. The van der Waals surface area contributed by atoms with Crippen molar-refractivity contribution >= 4 is 11.6 Å². The van der Waals surface area contributed by atoms with Gasteiger partial charge in [0.2, 0.25) is 0 Å². The van der Waals surface area contributed by atoms with Crippen molar-refractivity contribution in [3.05, 3.63) is 53.9 Å². The predicted octanol–water partition coefficient (Wildman–Crippen LogP) is 3.17. The third kappa shape index (κ3) is 4.95. The van der Waals surface area contributed by atoms with Gasteiger partial charge in [-0.15, -0.1) is 0 Å². The van der Waals surface area contributed by atoms with Crippen LogP contribution in [0, 0.1) is 0 Å². The van der Waals surface area contributed by atoms with Gasteiger partial charge >= 0.3 is 0 Å². The van der Waals surface area contributed by atoms with Gasteiger partial charge in [0.1, 0.15) is 5.75 Å². The zero-order valence-corrected chi connectivity index (χ0v) is 16.9. The molecule has 1 aromatic carbocycles. The quantitative estimate of drug-likeness (QED) is 0.674. The van der Waals surface area contributed by atoms with E-state index in [1.54, 1.807) is 18.5 Å². The fraction of sp³-hybridized carbons (Fsp3) is 0.478. The number of hydrogen-bond donors (Lipinski definition) is 0. The SMILES string of the molecule is O=C(c1cccnc1)N1CCCc2cccc(OCCCCN3CCOCC3)c21. The Labute approximate surface area is 172 Å². The molecule has 2 aromatic rings. The summed E-state index contributed by atoms with van der Waals surface area (Å²) in [6.45, 7) is 6.19. The van der Waals surface area contributed by atoms with Gasteiger partial charge in [-0.3, -0.25) is 14.7 Å². The Morgan fingerprint density at radius 1 is 1.10 bits per heavy atom. The Kier molecular flexibility index (Phi) is 6.75. The van der Waals surface area contributed by atoms with Crippen LogP contribution in [0.4, 0.5) is 5.69 Å². The number of aromatic nitrogens is 1. The van der Waals surface area contributed by atoms with Gasteiger partial charge in [0.15, 0.2) is 0 Å². The molecule has 154 valence electrons. The highest BCUT2D eigenvalue weighted by molar-refractivity contribution is 6.07. The molecule has 6 nitrogen and oxygen atoms in total. The van der Waals surface area contributed by atoms with E-state index in [1.807, 2.05) is 23.1 Å². The highest BCUT2D eigenvalue weighted by Gasteiger charge is 2.27. The summed E-state index contributed by atoms with van der Waals surface area (Å²) in [5.74, 6) is 0.799.